The maximum atomic E-state index is 13.8. The summed E-state index contributed by atoms with van der Waals surface area (Å²) < 4.78 is 6.49. The summed E-state index contributed by atoms with van der Waals surface area (Å²) in [5.74, 6) is -0.568. The predicted molar refractivity (Wildman–Crippen MR) is 172 cm³/mol. The van der Waals surface area contributed by atoms with Crippen LogP contribution in [0.1, 0.15) is 55.2 Å². The minimum Gasteiger partial charge on any atom is -0.379 e. The van der Waals surface area contributed by atoms with Crippen LogP contribution in [0.25, 0.3) is 10.2 Å². The fraction of sp³-hybridized carbons (Fsp3) is 0.471. The van der Waals surface area contributed by atoms with Crippen LogP contribution >= 0.6 is 11.3 Å². The first-order chi connectivity index (χ1) is 20.7. The molecule has 2 amide bonds. The Hall–Kier alpha value is -3.40. The van der Waals surface area contributed by atoms with Crippen molar-refractivity contribution in [2.75, 3.05) is 39.9 Å². The number of thiazole rings is 1. The zero-order valence-electron chi connectivity index (χ0n) is 25.6. The van der Waals surface area contributed by atoms with Crippen LogP contribution in [-0.2, 0) is 32.0 Å². The van der Waals surface area contributed by atoms with Crippen LogP contribution in [0.4, 0.5) is 0 Å². The summed E-state index contributed by atoms with van der Waals surface area (Å²) in [5.41, 5.74) is 3.80. The molecule has 0 aliphatic carbocycles. The third-order valence-electron chi connectivity index (χ3n) is 7.93. The highest BCUT2D eigenvalue weighted by Crippen LogP contribution is 2.28. The standard InChI is InChI=1S/C34H44N4O4S/c1-23(2)26-10-12-29-31(19-26)43-33(37-29)21-27(20-32(40)35-4)34(41)36-28(18-25-8-6-5-7-9-25)11-13-30(39)24(3)22-38-14-16-42-17-15-38/h5-10,12,19,23,27-28H,3,11,13-18,20-22H2,1-2,4H3,(H,35,40)(H,36,41)/t27-,28+/m0/s1. The first-order valence-electron chi connectivity index (χ1n) is 15.2. The van der Waals surface area contributed by atoms with Crippen LogP contribution in [0.15, 0.2) is 60.7 Å². The molecule has 0 saturated carbocycles. The van der Waals surface area contributed by atoms with E-state index in [4.69, 9.17) is 9.72 Å². The molecule has 1 saturated heterocycles. The number of amides is 2. The number of nitrogens with one attached hydrogen (secondary N) is 2. The Labute approximate surface area is 258 Å². The lowest BCUT2D eigenvalue weighted by Gasteiger charge is -2.27. The van der Waals surface area contributed by atoms with Crippen LogP contribution in [-0.4, -0.2) is 73.4 Å². The Morgan fingerprint density at radius 3 is 2.51 bits per heavy atom. The SMILES string of the molecule is C=C(CN1CCOCC1)C(=O)CC[C@H](Cc1ccccc1)NC(=O)[C@@H](CC(=O)NC)Cc1nc2ccc(C(C)C)cc2s1. The lowest BCUT2D eigenvalue weighted by atomic mass is 9.95. The van der Waals surface area contributed by atoms with Crippen molar-refractivity contribution in [2.45, 2.75) is 57.9 Å². The molecule has 2 heterocycles. The molecule has 43 heavy (non-hydrogen) atoms. The summed E-state index contributed by atoms with van der Waals surface area (Å²) in [7, 11) is 1.58. The Morgan fingerprint density at radius 2 is 1.81 bits per heavy atom. The van der Waals surface area contributed by atoms with E-state index in [-0.39, 0.29) is 36.5 Å². The zero-order valence-corrected chi connectivity index (χ0v) is 26.4. The van der Waals surface area contributed by atoms with Crippen molar-refractivity contribution in [1.82, 2.24) is 20.5 Å². The van der Waals surface area contributed by atoms with E-state index in [0.29, 0.717) is 50.5 Å². The fourth-order valence-corrected chi connectivity index (χ4v) is 6.37. The highest BCUT2D eigenvalue weighted by atomic mass is 32.1. The van der Waals surface area contributed by atoms with Crippen LogP contribution < -0.4 is 10.6 Å². The molecule has 4 rings (SSSR count). The Balaban J connectivity index is 1.46. The second-order valence-corrected chi connectivity index (χ2v) is 12.7. The van der Waals surface area contributed by atoms with Crippen molar-refractivity contribution in [3.63, 3.8) is 0 Å². The average molecular weight is 605 g/mol. The van der Waals surface area contributed by atoms with Gasteiger partial charge in [0.05, 0.1) is 34.4 Å². The van der Waals surface area contributed by atoms with Crippen molar-refractivity contribution >= 4 is 39.2 Å². The number of morpholine rings is 1. The number of nitrogens with zero attached hydrogens (tertiary/aromatic N) is 2. The van der Waals surface area contributed by atoms with Crippen LogP contribution in [0.3, 0.4) is 0 Å². The zero-order chi connectivity index (χ0) is 30.8. The molecular weight excluding hydrogens is 560 g/mol. The number of hydrogen-bond acceptors (Lipinski definition) is 7. The van der Waals surface area contributed by atoms with Gasteiger partial charge in [-0.25, -0.2) is 4.98 Å². The molecule has 2 atom stereocenters. The molecule has 0 unspecified atom stereocenters. The molecule has 2 aromatic carbocycles. The second kappa shape index (κ2) is 15.9. The minimum absolute atomic E-state index is 0.0101. The van der Waals surface area contributed by atoms with Gasteiger partial charge in [-0.2, -0.15) is 0 Å². The molecule has 1 fully saturated rings. The number of ketones is 1. The van der Waals surface area contributed by atoms with Gasteiger partial charge in [0.25, 0.3) is 0 Å². The number of rotatable bonds is 15. The number of carbonyl (C=O) groups is 3. The van der Waals surface area contributed by atoms with E-state index in [1.165, 1.54) is 5.56 Å². The highest BCUT2D eigenvalue weighted by Gasteiger charge is 2.27. The van der Waals surface area contributed by atoms with Gasteiger partial charge in [0.2, 0.25) is 11.8 Å². The van der Waals surface area contributed by atoms with Crippen LogP contribution in [0, 0.1) is 5.92 Å². The van der Waals surface area contributed by atoms with Gasteiger partial charge in [-0.3, -0.25) is 19.3 Å². The number of aromatic nitrogens is 1. The maximum Gasteiger partial charge on any atom is 0.224 e. The first-order valence-corrected chi connectivity index (χ1v) is 16.0. The summed E-state index contributed by atoms with van der Waals surface area (Å²) in [6, 6.07) is 15.9. The van der Waals surface area contributed by atoms with Gasteiger partial charge in [-0.1, -0.05) is 56.8 Å². The molecule has 8 nitrogen and oxygen atoms in total. The summed E-state index contributed by atoms with van der Waals surface area (Å²) in [5, 5.41) is 6.69. The largest absolute Gasteiger partial charge is 0.379 e. The van der Waals surface area contributed by atoms with E-state index in [1.54, 1.807) is 18.4 Å². The third-order valence-corrected chi connectivity index (χ3v) is 8.97. The van der Waals surface area contributed by atoms with Gasteiger partial charge in [0.1, 0.15) is 0 Å². The molecule has 230 valence electrons. The van der Waals surface area contributed by atoms with E-state index in [1.807, 2.05) is 36.4 Å². The van der Waals surface area contributed by atoms with Gasteiger partial charge in [-0.15, -0.1) is 11.3 Å². The highest BCUT2D eigenvalue weighted by molar-refractivity contribution is 7.18. The van der Waals surface area contributed by atoms with Gasteiger partial charge < -0.3 is 15.4 Å². The molecule has 2 N–H and O–H groups in total. The molecule has 3 aromatic rings. The Kier molecular flexibility index (Phi) is 12.0. The monoisotopic (exact) mass is 604 g/mol. The van der Waals surface area contributed by atoms with Crippen molar-refractivity contribution in [2.24, 2.45) is 5.92 Å². The molecule has 1 aromatic heterocycles. The second-order valence-electron chi connectivity index (χ2n) is 11.6. The van der Waals surface area contributed by atoms with Gasteiger partial charge in [-0.05, 0) is 42.0 Å². The summed E-state index contributed by atoms with van der Waals surface area (Å²) in [6.07, 6.45) is 1.78. The molecule has 0 bridgehead atoms. The minimum atomic E-state index is -0.588. The van der Waals surface area contributed by atoms with E-state index in [9.17, 15) is 14.4 Å². The van der Waals surface area contributed by atoms with Gasteiger partial charge in [0, 0.05) is 57.6 Å². The topological polar surface area (TPSA) is 101 Å². The Bertz CT molecular complexity index is 1400. The van der Waals surface area contributed by atoms with E-state index >= 15 is 0 Å². The molecule has 0 spiro atoms. The molecule has 9 heteroatoms. The summed E-state index contributed by atoms with van der Waals surface area (Å²) in [6.45, 7) is 11.8. The number of ether oxygens (including phenoxy) is 1. The van der Waals surface area contributed by atoms with Crippen molar-refractivity contribution < 1.29 is 19.1 Å². The molecule has 1 aliphatic rings. The van der Waals surface area contributed by atoms with Crippen molar-refractivity contribution in [3.05, 3.63) is 76.8 Å². The lowest BCUT2D eigenvalue weighted by Crippen LogP contribution is -2.42. The Morgan fingerprint density at radius 1 is 1.07 bits per heavy atom. The molecule has 1 aliphatic heterocycles. The molecule has 0 radical (unpaired) electrons. The summed E-state index contributed by atoms with van der Waals surface area (Å²) in [4.78, 5) is 46.2. The number of hydrogen-bond donors (Lipinski definition) is 2. The predicted octanol–water partition coefficient (Wildman–Crippen LogP) is 4.68. The third kappa shape index (κ3) is 9.81. The first kappa shape index (κ1) is 32.5. The number of benzene rings is 2. The van der Waals surface area contributed by atoms with Crippen LogP contribution in [0.5, 0.6) is 0 Å². The normalized spacial score (nSPS) is 15.3. The number of Topliss-reactive ketones (excluding diaryl/α,β-unsaturated/α-hetero) is 1. The van der Waals surface area contributed by atoms with Crippen molar-refractivity contribution in [1.29, 1.82) is 0 Å². The maximum absolute atomic E-state index is 13.8. The number of fused-ring (bicyclic) bond motifs is 1. The van der Waals surface area contributed by atoms with E-state index in [0.717, 1.165) is 33.9 Å². The van der Waals surface area contributed by atoms with Crippen LogP contribution in [0.2, 0.25) is 0 Å². The van der Waals surface area contributed by atoms with Gasteiger partial charge >= 0.3 is 0 Å². The lowest BCUT2D eigenvalue weighted by molar-refractivity contribution is -0.130. The quantitative estimate of drug-likeness (QED) is 0.245. The van der Waals surface area contributed by atoms with E-state index in [2.05, 4.69) is 48.1 Å². The fourth-order valence-electron chi connectivity index (χ4n) is 5.27. The van der Waals surface area contributed by atoms with Crippen molar-refractivity contribution in [3.8, 4) is 0 Å². The van der Waals surface area contributed by atoms with E-state index < -0.39 is 5.92 Å². The number of carbonyl (C=O) groups excluding carboxylic acids is 3. The summed E-state index contributed by atoms with van der Waals surface area (Å²) >= 11 is 1.57. The average Bonchev–Trinajstić information content (AvgIpc) is 3.41. The van der Waals surface area contributed by atoms with Gasteiger partial charge in [0.15, 0.2) is 5.78 Å². The molecular formula is C34H44N4O4S. The smallest absolute Gasteiger partial charge is 0.224 e.